The van der Waals surface area contributed by atoms with Crippen LogP contribution in [0.25, 0.3) is 0 Å². The molecule has 0 saturated carbocycles. The van der Waals surface area contributed by atoms with Gasteiger partial charge < -0.3 is 20.3 Å². The number of thiazole rings is 1. The van der Waals surface area contributed by atoms with Crippen molar-refractivity contribution in [1.82, 2.24) is 25.2 Å². The zero-order valence-electron chi connectivity index (χ0n) is 19.8. The first-order valence-corrected chi connectivity index (χ1v) is 12.0. The van der Waals surface area contributed by atoms with Crippen molar-refractivity contribution in [3.63, 3.8) is 0 Å². The molecule has 0 aliphatic carbocycles. The summed E-state index contributed by atoms with van der Waals surface area (Å²) < 4.78 is 1.94. The number of carbonyl (C=O) groups excluding carboxylic acids is 2. The van der Waals surface area contributed by atoms with Crippen LogP contribution in [0.2, 0.25) is 0 Å². The first-order chi connectivity index (χ1) is 16.8. The molecule has 0 aliphatic rings. The number of nitrogens with zero attached hydrogens (tertiary/aromatic N) is 5. The van der Waals surface area contributed by atoms with Crippen molar-refractivity contribution in [3.8, 4) is 6.07 Å². The maximum Gasteiger partial charge on any atom is 0.324 e. The van der Waals surface area contributed by atoms with E-state index in [1.54, 1.807) is 36.8 Å². The Hall–Kier alpha value is -3.75. The minimum atomic E-state index is -0.486. The fraction of sp³-hybridized carbons (Fsp3) is 0.375. The average Bonchev–Trinajstić information content (AvgIpc) is 3.57. The highest BCUT2D eigenvalue weighted by molar-refractivity contribution is 7.17. The van der Waals surface area contributed by atoms with E-state index in [-0.39, 0.29) is 25.6 Å². The fourth-order valence-corrected chi connectivity index (χ4v) is 3.85. The smallest absolute Gasteiger partial charge is 0.324 e. The van der Waals surface area contributed by atoms with E-state index in [1.165, 1.54) is 11.1 Å². The Bertz CT molecular complexity index is 1150. The Morgan fingerprint density at radius 2 is 2.03 bits per heavy atom. The van der Waals surface area contributed by atoms with Gasteiger partial charge in [-0.2, -0.15) is 5.26 Å². The van der Waals surface area contributed by atoms with Crippen LogP contribution in [-0.2, 0) is 13.1 Å². The van der Waals surface area contributed by atoms with Crippen LogP contribution in [-0.4, -0.2) is 51.3 Å². The largest absolute Gasteiger partial charge is 0.396 e. The minimum absolute atomic E-state index is 0.0781. The van der Waals surface area contributed by atoms with Gasteiger partial charge in [0.05, 0.1) is 30.7 Å². The summed E-state index contributed by atoms with van der Waals surface area (Å²) >= 11 is 1.12. The van der Waals surface area contributed by atoms with Crippen molar-refractivity contribution < 1.29 is 14.7 Å². The summed E-state index contributed by atoms with van der Waals surface area (Å²) in [6.07, 6.45) is 7.52. The van der Waals surface area contributed by atoms with E-state index in [0.29, 0.717) is 22.1 Å². The van der Waals surface area contributed by atoms with E-state index in [1.807, 2.05) is 24.6 Å². The van der Waals surface area contributed by atoms with Gasteiger partial charge in [-0.25, -0.2) is 14.8 Å². The van der Waals surface area contributed by atoms with Crippen molar-refractivity contribution in [2.75, 3.05) is 24.6 Å². The standard InChI is InChI=1S/C24H29N7O3S/c1-24(2,16-32)15-29-22(34)31(14-19-6-4-18(12-25)5-7-19)23-28-13-20(35-23)21(33)27-8-3-10-30-11-9-26-17-30/h4-7,9,11,13,17,32H,3,8,10,14-16H2,1-2H3,(H,27,33)(H,29,34). The van der Waals surface area contributed by atoms with Crippen LogP contribution in [0, 0.1) is 16.7 Å². The van der Waals surface area contributed by atoms with Crippen LogP contribution in [0.15, 0.2) is 49.2 Å². The molecular weight excluding hydrogens is 466 g/mol. The van der Waals surface area contributed by atoms with Gasteiger partial charge in [0.1, 0.15) is 4.88 Å². The zero-order chi connectivity index (χ0) is 25.3. The van der Waals surface area contributed by atoms with Crippen molar-refractivity contribution in [2.45, 2.75) is 33.4 Å². The number of anilines is 1. The molecule has 0 atom stereocenters. The second-order valence-electron chi connectivity index (χ2n) is 8.79. The molecule has 3 rings (SSSR count). The van der Waals surface area contributed by atoms with Gasteiger partial charge in [-0.1, -0.05) is 37.3 Å². The molecule has 0 unspecified atom stereocenters. The first kappa shape index (κ1) is 25.9. The summed E-state index contributed by atoms with van der Waals surface area (Å²) in [7, 11) is 0. The lowest BCUT2D eigenvalue weighted by Gasteiger charge is -2.25. The van der Waals surface area contributed by atoms with Gasteiger partial charge in [0.2, 0.25) is 0 Å². The Morgan fingerprint density at radius 1 is 1.26 bits per heavy atom. The summed E-state index contributed by atoms with van der Waals surface area (Å²) in [6.45, 7) is 5.32. The molecule has 11 heteroatoms. The van der Waals surface area contributed by atoms with E-state index in [0.717, 1.165) is 29.9 Å². The Labute approximate surface area is 208 Å². The highest BCUT2D eigenvalue weighted by Gasteiger charge is 2.24. The molecule has 2 heterocycles. The molecule has 0 fully saturated rings. The number of nitrogens with one attached hydrogen (secondary N) is 2. The van der Waals surface area contributed by atoms with E-state index in [4.69, 9.17) is 5.26 Å². The molecule has 184 valence electrons. The molecular formula is C24H29N7O3S. The highest BCUT2D eigenvalue weighted by Crippen LogP contribution is 2.25. The number of rotatable bonds is 11. The Kier molecular flexibility index (Phi) is 8.94. The van der Waals surface area contributed by atoms with E-state index < -0.39 is 11.4 Å². The number of urea groups is 1. The molecule has 2 aromatic heterocycles. The molecule has 3 N–H and O–H groups in total. The third kappa shape index (κ3) is 7.63. The minimum Gasteiger partial charge on any atom is -0.396 e. The molecule has 35 heavy (non-hydrogen) atoms. The lowest BCUT2D eigenvalue weighted by molar-refractivity contribution is 0.0956. The zero-order valence-corrected chi connectivity index (χ0v) is 20.6. The Balaban J connectivity index is 1.68. The normalized spacial score (nSPS) is 11.0. The van der Waals surface area contributed by atoms with Crippen LogP contribution >= 0.6 is 11.3 Å². The number of aliphatic hydroxyl groups excluding tert-OH is 1. The van der Waals surface area contributed by atoms with Gasteiger partial charge in [0, 0.05) is 44.0 Å². The van der Waals surface area contributed by atoms with Crippen LogP contribution < -0.4 is 15.5 Å². The molecule has 0 bridgehead atoms. The summed E-state index contributed by atoms with van der Waals surface area (Å²) in [5, 5.41) is 24.6. The SMILES string of the molecule is CC(C)(CO)CNC(=O)N(Cc1ccc(C#N)cc1)c1ncc(C(=O)NCCCn2ccnc2)s1. The molecule has 3 aromatic rings. The predicted molar refractivity (Wildman–Crippen MR) is 133 cm³/mol. The summed E-state index contributed by atoms with van der Waals surface area (Å²) in [6, 6.07) is 8.61. The summed E-state index contributed by atoms with van der Waals surface area (Å²) in [5.74, 6) is -0.250. The third-order valence-electron chi connectivity index (χ3n) is 5.20. The van der Waals surface area contributed by atoms with Crippen LogP contribution in [0.3, 0.4) is 0 Å². The lowest BCUT2D eigenvalue weighted by Crippen LogP contribution is -2.44. The molecule has 3 amide bonds. The highest BCUT2D eigenvalue weighted by atomic mass is 32.1. The maximum absolute atomic E-state index is 13.1. The lowest BCUT2D eigenvalue weighted by atomic mass is 9.95. The van der Waals surface area contributed by atoms with Gasteiger partial charge in [-0.05, 0) is 24.1 Å². The number of benzene rings is 1. The topological polar surface area (TPSA) is 136 Å². The van der Waals surface area contributed by atoms with E-state index in [2.05, 4.69) is 26.7 Å². The monoisotopic (exact) mass is 495 g/mol. The Morgan fingerprint density at radius 3 is 2.69 bits per heavy atom. The molecule has 0 radical (unpaired) electrons. The van der Waals surface area contributed by atoms with Crippen LogP contribution in [0.4, 0.5) is 9.93 Å². The summed E-state index contributed by atoms with van der Waals surface area (Å²) in [4.78, 5) is 35.9. The fourth-order valence-electron chi connectivity index (χ4n) is 3.02. The molecule has 0 aliphatic heterocycles. The van der Waals surface area contributed by atoms with Crippen molar-refractivity contribution in [2.24, 2.45) is 5.41 Å². The number of amides is 3. The molecule has 1 aromatic carbocycles. The van der Waals surface area contributed by atoms with Gasteiger partial charge in [-0.3, -0.25) is 9.69 Å². The predicted octanol–water partition coefficient (Wildman–Crippen LogP) is 2.77. The van der Waals surface area contributed by atoms with Gasteiger partial charge >= 0.3 is 6.03 Å². The van der Waals surface area contributed by atoms with E-state index >= 15 is 0 Å². The second-order valence-corrected chi connectivity index (χ2v) is 9.80. The van der Waals surface area contributed by atoms with E-state index in [9.17, 15) is 14.7 Å². The second kappa shape index (κ2) is 12.1. The molecule has 10 nitrogen and oxygen atoms in total. The number of aliphatic hydroxyl groups is 1. The maximum atomic E-state index is 13.1. The number of carbonyl (C=O) groups is 2. The quantitative estimate of drug-likeness (QED) is 0.350. The number of nitriles is 1. The van der Waals surface area contributed by atoms with Crippen molar-refractivity contribution in [1.29, 1.82) is 5.26 Å². The number of aromatic nitrogens is 3. The number of imidazole rings is 1. The third-order valence-corrected chi connectivity index (χ3v) is 6.22. The summed E-state index contributed by atoms with van der Waals surface area (Å²) in [5.41, 5.74) is 0.845. The number of hydrogen-bond donors (Lipinski definition) is 3. The molecule has 0 spiro atoms. The van der Waals surface area contributed by atoms with Gasteiger partial charge in [-0.15, -0.1) is 0 Å². The van der Waals surface area contributed by atoms with Crippen LogP contribution in [0.1, 0.15) is 41.1 Å². The number of aryl methyl sites for hydroxylation is 1. The van der Waals surface area contributed by atoms with Gasteiger partial charge in [0.15, 0.2) is 5.13 Å². The number of hydrogen-bond acceptors (Lipinski definition) is 7. The molecule has 0 saturated heterocycles. The average molecular weight is 496 g/mol. The first-order valence-electron chi connectivity index (χ1n) is 11.2. The van der Waals surface area contributed by atoms with Crippen LogP contribution in [0.5, 0.6) is 0 Å². The van der Waals surface area contributed by atoms with Crippen molar-refractivity contribution in [3.05, 3.63) is 65.2 Å². The van der Waals surface area contributed by atoms with Crippen molar-refractivity contribution >= 4 is 28.4 Å². The van der Waals surface area contributed by atoms with Gasteiger partial charge in [0.25, 0.3) is 5.91 Å².